The Kier molecular flexibility index (Phi) is 2.81. The number of aldehydes is 1. The fraction of sp³-hybridized carbons (Fsp3) is 0.167. The molecule has 0 spiro atoms. The van der Waals surface area contributed by atoms with E-state index in [1.165, 1.54) is 18.3 Å². The second-order valence-electron chi connectivity index (χ2n) is 3.59. The molecule has 0 atom stereocenters. The number of carbonyl (C=O) groups excluding carboxylic acids is 1. The number of carbonyl (C=O) groups is 1. The molecule has 3 nitrogen and oxygen atoms in total. The molecule has 4 heteroatoms. The summed E-state index contributed by atoms with van der Waals surface area (Å²) in [6, 6.07) is 6.34. The molecular formula is C12H11FN2O. The molecule has 0 aliphatic heterocycles. The monoisotopic (exact) mass is 218 g/mol. The maximum Gasteiger partial charge on any atom is 0.153 e. The van der Waals surface area contributed by atoms with Gasteiger partial charge in [0.05, 0.1) is 18.3 Å². The highest BCUT2D eigenvalue weighted by molar-refractivity contribution is 5.75. The molecule has 1 aromatic carbocycles. The van der Waals surface area contributed by atoms with Crippen molar-refractivity contribution in [3.05, 3.63) is 53.1 Å². The molecule has 0 aliphatic rings. The molecule has 16 heavy (non-hydrogen) atoms. The Labute approximate surface area is 92.5 Å². The fourth-order valence-electron chi connectivity index (χ4n) is 1.54. The van der Waals surface area contributed by atoms with Crippen molar-refractivity contribution in [3.8, 4) is 0 Å². The highest BCUT2D eigenvalue weighted by Crippen LogP contribution is 2.09. The number of aromatic nitrogens is 2. The van der Waals surface area contributed by atoms with E-state index in [1.54, 1.807) is 10.7 Å². The van der Waals surface area contributed by atoms with Crippen LogP contribution in [0.25, 0.3) is 0 Å². The van der Waals surface area contributed by atoms with Crippen LogP contribution in [0.1, 0.15) is 21.6 Å². The maximum absolute atomic E-state index is 13.0. The molecule has 0 unspecified atom stereocenters. The smallest absolute Gasteiger partial charge is 0.153 e. The van der Waals surface area contributed by atoms with E-state index in [0.29, 0.717) is 12.1 Å². The second kappa shape index (κ2) is 4.26. The van der Waals surface area contributed by atoms with Gasteiger partial charge in [-0.15, -0.1) is 0 Å². The Morgan fingerprint density at radius 3 is 2.94 bits per heavy atom. The Bertz CT molecular complexity index is 519. The highest BCUT2D eigenvalue weighted by atomic mass is 19.1. The van der Waals surface area contributed by atoms with Gasteiger partial charge in [0.15, 0.2) is 6.29 Å². The molecule has 0 aliphatic carbocycles. The lowest BCUT2D eigenvalue weighted by Crippen LogP contribution is -2.04. The summed E-state index contributed by atoms with van der Waals surface area (Å²) in [7, 11) is 0. The summed E-state index contributed by atoms with van der Waals surface area (Å²) in [5, 5.41) is 4.07. The van der Waals surface area contributed by atoms with Gasteiger partial charge in [0.25, 0.3) is 0 Å². The summed E-state index contributed by atoms with van der Waals surface area (Å²) < 4.78 is 14.6. The number of halogens is 1. The van der Waals surface area contributed by atoms with Crippen LogP contribution in [0.15, 0.2) is 30.5 Å². The van der Waals surface area contributed by atoms with Crippen LogP contribution in [-0.2, 0) is 6.54 Å². The van der Waals surface area contributed by atoms with Crippen molar-refractivity contribution in [1.29, 1.82) is 0 Å². The molecule has 0 saturated carbocycles. The van der Waals surface area contributed by atoms with Gasteiger partial charge in [-0.05, 0) is 24.6 Å². The fourth-order valence-corrected chi connectivity index (χ4v) is 1.54. The van der Waals surface area contributed by atoms with Crippen LogP contribution in [0, 0.1) is 12.7 Å². The molecule has 0 bridgehead atoms. The van der Waals surface area contributed by atoms with Crippen molar-refractivity contribution < 1.29 is 9.18 Å². The first-order valence-corrected chi connectivity index (χ1v) is 4.92. The molecular weight excluding hydrogens is 207 g/mol. The molecule has 0 radical (unpaired) electrons. The summed E-state index contributed by atoms with van der Waals surface area (Å²) in [4.78, 5) is 10.6. The summed E-state index contributed by atoms with van der Waals surface area (Å²) in [6.07, 6.45) is 2.28. The van der Waals surface area contributed by atoms with Gasteiger partial charge in [0.1, 0.15) is 5.82 Å². The average molecular weight is 218 g/mol. The Morgan fingerprint density at radius 2 is 2.31 bits per heavy atom. The van der Waals surface area contributed by atoms with Crippen molar-refractivity contribution in [2.24, 2.45) is 0 Å². The molecule has 1 aromatic heterocycles. The van der Waals surface area contributed by atoms with Crippen molar-refractivity contribution in [1.82, 2.24) is 9.78 Å². The van der Waals surface area contributed by atoms with Gasteiger partial charge in [-0.1, -0.05) is 12.1 Å². The minimum Gasteiger partial charge on any atom is -0.298 e. The van der Waals surface area contributed by atoms with E-state index in [1.807, 2.05) is 13.0 Å². The number of hydrogen-bond acceptors (Lipinski definition) is 2. The third kappa shape index (κ3) is 2.00. The third-order valence-corrected chi connectivity index (χ3v) is 2.49. The van der Waals surface area contributed by atoms with Gasteiger partial charge in [-0.3, -0.25) is 9.48 Å². The summed E-state index contributed by atoms with van der Waals surface area (Å²) >= 11 is 0. The number of nitrogens with zero attached hydrogens (tertiary/aromatic N) is 2. The van der Waals surface area contributed by atoms with Crippen LogP contribution in [-0.4, -0.2) is 16.1 Å². The molecule has 0 amide bonds. The number of hydrogen-bond donors (Lipinski definition) is 0. The molecule has 1 heterocycles. The van der Waals surface area contributed by atoms with Crippen LogP contribution < -0.4 is 0 Å². The zero-order valence-corrected chi connectivity index (χ0v) is 8.85. The van der Waals surface area contributed by atoms with Crippen LogP contribution in [0.5, 0.6) is 0 Å². The largest absolute Gasteiger partial charge is 0.298 e. The van der Waals surface area contributed by atoms with Crippen LogP contribution in [0.2, 0.25) is 0 Å². The Balaban J connectivity index is 2.27. The van der Waals surface area contributed by atoms with Gasteiger partial charge < -0.3 is 0 Å². The van der Waals surface area contributed by atoms with Crippen molar-refractivity contribution in [2.45, 2.75) is 13.5 Å². The van der Waals surface area contributed by atoms with Crippen LogP contribution in [0.4, 0.5) is 4.39 Å². The van der Waals surface area contributed by atoms with E-state index in [4.69, 9.17) is 0 Å². The van der Waals surface area contributed by atoms with Gasteiger partial charge in [0.2, 0.25) is 0 Å². The van der Waals surface area contributed by atoms with Crippen molar-refractivity contribution in [3.63, 3.8) is 0 Å². The Hall–Kier alpha value is -1.97. The first kappa shape index (κ1) is 10.5. The van der Waals surface area contributed by atoms with E-state index in [2.05, 4.69) is 5.10 Å². The number of rotatable bonds is 3. The van der Waals surface area contributed by atoms with Crippen molar-refractivity contribution in [2.75, 3.05) is 0 Å². The zero-order chi connectivity index (χ0) is 11.5. The first-order chi connectivity index (χ1) is 7.70. The summed E-state index contributed by atoms with van der Waals surface area (Å²) in [6.45, 7) is 2.29. The topological polar surface area (TPSA) is 34.9 Å². The molecule has 2 aromatic rings. The normalized spacial score (nSPS) is 10.4. The zero-order valence-electron chi connectivity index (χ0n) is 8.85. The number of benzene rings is 1. The lowest BCUT2D eigenvalue weighted by Gasteiger charge is -2.04. The standard InChI is InChI=1S/C12H11FN2O/c1-9-11(8-16)6-14-15(9)7-10-3-2-4-12(13)5-10/h2-6,8H,7H2,1H3. The lowest BCUT2D eigenvalue weighted by molar-refractivity contribution is 0.112. The quantitative estimate of drug-likeness (QED) is 0.740. The molecule has 0 fully saturated rings. The first-order valence-electron chi connectivity index (χ1n) is 4.92. The van der Waals surface area contributed by atoms with E-state index in [0.717, 1.165) is 17.5 Å². The molecule has 0 saturated heterocycles. The van der Waals surface area contributed by atoms with E-state index in [9.17, 15) is 9.18 Å². The van der Waals surface area contributed by atoms with Crippen LogP contribution >= 0.6 is 0 Å². The van der Waals surface area contributed by atoms with E-state index in [-0.39, 0.29) is 5.82 Å². The predicted octanol–water partition coefficient (Wildman–Crippen LogP) is 2.19. The van der Waals surface area contributed by atoms with Gasteiger partial charge in [-0.2, -0.15) is 5.10 Å². The molecule has 0 N–H and O–H groups in total. The van der Waals surface area contributed by atoms with E-state index < -0.39 is 0 Å². The van der Waals surface area contributed by atoms with Crippen molar-refractivity contribution >= 4 is 6.29 Å². The minimum atomic E-state index is -0.266. The lowest BCUT2D eigenvalue weighted by atomic mass is 10.2. The van der Waals surface area contributed by atoms with Gasteiger partial charge in [0, 0.05) is 5.69 Å². The summed E-state index contributed by atoms with van der Waals surface area (Å²) in [5.74, 6) is -0.266. The molecule has 82 valence electrons. The van der Waals surface area contributed by atoms with Crippen LogP contribution in [0.3, 0.4) is 0 Å². The highest BCUT2D eigenvalue weighted by Gasteiger charge is 2.05. The average Bonchev–Trinajstić information content (AvgIpc) is 2.60. The third-order valence-electron chi connectivity index (χ3n) is 2.49. The minimum absolute atomic E-state index is 0.266. The second-order valence-corrected chi connectivity index (χ2v) is 3.59. The van der Waals surface area contributed by atoms with Gasteiger partial charge in [-0.25, -0.2) is 4.39 Å². The molecule has 2 rings (SSSR count). The SMILES string of the molecule is Cc1c(C=O)cnn1Cc1cccc(F)c1. The van der Waals surface area contributed by atoms with Gasteiger partial charge >= 0.3 is 0 Å². The predicted molar refractivity (Wildman–Crippen MR) is 57.9 cm³/mol. The maximum atomic E-state index is 13.0. The Morgan fingerprint density at radius 1 is 1.50 bits per heavy atom. The summed E-state index contributed by atoms with van der Waals surface area (Å²) in [5.41, 5.74) is 2.18. The van der Waals surface area contributed by atoms with E-state index >= 15 is 0 Å².